The summed E-state index contributed by atoms with van der Waals surface area (Å²) >= 11 is 11.1. The van der Waals surface area contributed by atoms with Crippen molar-refractivity contribution in [1.29, 1.82) is 0 Å². The number of anilines is 2. The number of thiocarbonyl (C=S) groups is 2. The zero-order valence-corrected chi connectivity index (χ0v) is 17.5. The standard InChI is InChI=1S/C21H27N5S2/c27-20(24-17-8-3-1-4-9-17)23-14-15-26(16-19-12-7-13-22-19)21(28)25-18-10-5-2-6-11-18/h1-6,8-11,19,22H,7,12-16H2,(H,25,28)(H2,23,24,27)/t19-/m0/s1. The summed E-state index contributed by atoms with van der Waals surface area (Å²) in [7, 11) is 0. The fourth-order valence-corrected chi connectivity index (χ4v) is 3.68. The van der Waals surface area contributed by atoms with Gasteiger partial charge >= 0.3 is 0 Å². The molecule has 5 nitrogen and oxygen atoms in total. The van der Waals surface area contributed by atoms with Crippen LogP contribution in [-0.4, -0.2) is 47.3 Å². The summed E-state index contributed by atoms with van der Waals surface area (Å²) in [5, 5.41) is 14.7. The molecule has 0 amide bonds. The van der Waals surface area contributed by atoms with Crippen molar-refractivity contribution in [3.8, 4) is 0 Å². The van der Waals surface area contributed by atoms with Crippen LogP contribution < -0.4 is 21.3 Å². The van der Waals surface area contributed by atoms with Crippen LogP contribution in [0.3, 0.4) is 0 Å². The summed E-state index contributed by atoms with van der Waals surface area (Å²) in [6.45, 7) is 3.45. The van der Waals surface area contributed by atoms with E-state index in [1.54, 1.807) is 0 Å². The summed E-state index contributed by atoms with van der Waals surface area (Å²) in [6.07, 6.45) is 2.41. The Bertz CT molecular complexity index is 748. The van der Waals surface area contributed by atoms with Crippen LogP contribution in [0.4, 0.5) is 11.4 Å². The van der Waals surface area contributed by atoms with Gasteiger partial charge in [-0.05, 0) is 68.1 Å². The molecule has 0 saturated carbocycles. The number of hydrogen-bond donors (Lipinski definition) is 4. The van der Waals surface area contributed by atoms with Gasteiger partial charge in [-0.3, -0.25) is 0 Å². The molecule has 2 aromatic carbocycles. The quantitative estimate of drug-likeness (QED) is 0.519. The van der Waals surface area contributed by atoms with Gasteiger partial charge in [-0.2, -0.15) is 0 Å². The second-order valence-electron chi connectivity index (χ2n) is 6.78. The van der Waals surface area contributed by atoms with Crippen LogP contribution in [0.15, 0.2) is 60.7 Å². The van der Waals surface area contributed by atoms with Crippen LogP contribution in [0.2, 0.25) is 0 Å². The molecule has 0 aliphatic carbocycles. The summed E-state index contributed by atoms with van der Waals surface area (Å²) < 4.78 is 0. The van der Waals surface area contributed by atoms with Crippen LogP contribution in [0, 0.1) is 0 Å². The first-order valence-electron chi connectivity index (χ1n) is 9.65. The van der Waals surface area contributed by atoms with E-state index >= 15 is 0 Å². The lowest BCUT2D eigenvalue weighted by Gasteiger charge is -2.29. The Balaban J connectivity index is 1.51. The van der Waals surface area contributed by atoms with Gasteiger partial charge in [0.15, 0.2) is 10.2 Å². The first kappa shape index (κ1) is 20.5. The van der Waals surface area contributed by atoms with Gasteiger partial charge in [-0.15, -0.1) is 0 Å². The lowest BCUT2D eigenvalue weighted by atomic mass is 10.2. The van der Waals surface area contributed by atoms with Crippen molar-refractivity contribution in [2.75, 3.05) is 36.8 Å². The Morgan fingerprint density at radius 2 is 1.61 bits per heavy atom. The molecular formula is C21H27N5S2. The first-order chi connectivity index (χ1) is 13.7. The minimum Gasteiger partial charge on any atom is -0.361 e. The van der Waals surface area contributed by atoms with E-state index in [1.807, 2.05) is 60.7 Å². The summed E-state index contributed by atoms with van der Waals surface area (Å²) in [4.78, 5) is 2.21. The highest BCUT2D eigenvalue weighted by molar-refractivity contribution is 7.80. The lowest BCUT2D eigenvalue weighted by molar-refractivity contribution is 0.376. The maximum Gasteiger partial charge on any atom is 0.173 e. The number of para-hydroxylation sites is 2. The largest absolute Gasteiger partial charge is 0.361 e. The molecule has 2 aromatic rings. The van der Waals surface area contributed by atoms with Crippen molar-refractivity contribution in [3.63, 3.8) is 0 Å². The van der Waals surface area contributed by atoms with E-state index in [2.05, 4.69) is 26.2 Å². The average molecular weight is 414 g/mol. The number of hydrogen-bond acceptors (Lipinski definition) is 3. The highest BCUT2D eigenvalue weighted by atomic mass is 32.1. The molecule has 0 aromatic heterocycles. The molecule has 1 fully saturated rings. The van der Waals surface area contributed by atoms with Crippen molar-refractivity contribution in [2.45, 2.75) is 18.9 Å². The molecule has 3 rings (SSSR count). The Hall–Kier alpha value is -2.22. The molecule has 7 heteroatoms. The molecule has 148 valence electrons. The highest BCUT2D eigenvalue weighted by Crippen LogP contribution is 2.11. The predicted molar refractivity (Wildman–Crippen MR) is 126 cm³/mol. The Labute approximate surface area is 177 Å². The van der Waals surface area contributed by atoms with Gasteiger partial charge in [0, 0.05) is 37.1 Å². The van der Waals surface area contributed by atoms with Crippen molar-refractivity contribution >= 4 is 46.0 Å². The average Bonchev–Trinajstić information content (AvgIpc) is 3.22. The molecule has 0 unspecified atom stereocenters. The third kappa shape index (κ3) is 6.74. The Kier molecular flexibility index (Phi) is 8.02. The third-order valence-corrected chi connectivity index (χ3v) is 5.22. The molecule has 0 radical (unpaired) electrons. The maximum atomic E-state index is 5.69. The van der Waals surface area contributed by atoms with Crippen LogP contribution in [0.5, 0.6) is 0 Å². The molecule has 0 spiro atoms. The van der Waals surface area contributed by atoms with Gasteiger partial charge in [0.2, 0.25) is 0 Å². The van der Waals surface area contributed by atoms with E-state index in [9.17, 15) is 0 Å². The van der Waals surface area contributed by atoms with E-state index in [4.69, 9.17) is 24.4 Å². The molecule has 1 heterocycles. The van der Waals surface area contributed by atoms with Crippen molar-refractivity contribution < 1.29 is 0 Å². The van der Waals surface area contributed by atoms with Crippen LogP contribution in [0.25, 0.3) is 0 Å². The van der Waals surface area contributed by atoms with Crippen LogP contribution >= 0.6 is 24.4 Å². The minimum atomic E-state index is 0.477. The zero-order valence-electron chi connectivity index (χ0n) is 15.9. The van der Waals surface area contributed by atoms with Crippen LogP contribution in [0.1, 0.15) is 12.8 Å². The lowest BCUT2D eigenvalue weighted by Crippen LogP contribution is -2.46. The van der Waals surface area contributed by atoms with E-state index in [0.29, 0.717) is 17.7 Å². The van der Waals surface area contributed by atoms with Gasteiger partial charge in [0.1, 0.15) is 0 Å². The smallest absolute Gasteiger partial charge is 0.173 e. The fraction of sp³-hybridized carbons (Fsp3) is 0.333. The molecule has 1 atom stereocenters. The van der Waals surface area contributed by atoms with Gasteiger partial charge in [-0.1, -0.05) is 36.4 Å². The summed E-state index contributed by atoms with van der Waals surface area (Å²) in [5.74, 6) is 0. The SMILES string of the molecule is S=C(NCCN(C[C@@H]1CCCN1)C(=S)Nc1ccccc1)Nc1ccccc1. The predicted octanol–water partition coefficient (Wildman–Crippen LogP) is 3.42. The topological polar surface area (TPSA) is 51.4 Å². The Morgan fingerprint density at radius 1 is 0.964 bits per heavy atom. The van der Waals surface area contributed by atoms with Gasteiger partial charge in [0.05, 0.1) is 0 Å². The number of nitrogens with zero attached hydrogens (tertiary/aromatic N) is 1. The number of rotatable bonds is 7. The van der Waals surface area contributed by atoms with Gasteiger partial charge in [-0.25, -0.2) is 0 Å². The maximum absolute atomic E-state index is 5.69. The molecule has 1 saturated heterocycles. The molecule has 4 N–H and O–H groups in total. The Morgan fingerprint density at radius 3 is 2.21 bits per heavy atom. The fourth-order valence-electron chi connectivity index (χ4n) is 3.18. The first-order valence-corrected chi connectivity index (χ1v) is 10.5. The van der Waals surface area contributed by atoms with Crippen molar-refractivity contribution in [3.05, 3.63) is 60.7 Å². The third-order valence-electron chi connectivity index (χ3n) is 4.61. The molecule has 0 bridgehead atoms. The number of benzene rings is 2. The second kappa shape index (κ2) is 10.9. The molecule has 1 aliphatic heterocycles. The normalized spacial score (nSPS) is 15.6. The zero-order chi connectivity index (χ0) is 19.6. The highest BCUT2D eigenvalue weighted by Gasteiger charge is 2.19. The molecule has 28 heavy (non-hydrogen) atoms. The van der Waals surface area contributed by atoms with Gasteiger partial charge in [0.25, 0.3) is 0 Å². The number of nitrogens with one attached hydrogen (secondary N) is 4. The monoisotopic (exact) mass is 413 g/mol. The van der Waals surface area contributed by atoms with E-state index in [0.717, 1.165) is 36.1 Å². The molecule has 1 aliphatic rings. The van der Waals surface area contributed by atoms with E-state index in [-0.39, 0.29) is 0 Å². The molecular weight excluding hydrogens is 386 g/mol. The van der Waals surface area contributed by atoms with Crippen molar-refractivity contribution in [2.24, 2.45) is 0 Å². The second-order valence-corrected chi connectivity index (χ2v) is 7.58. The van der Waals surface area contributed by atoms with Gasteiger partial charge < -0.3 is 26.2 Å². The van der Waals surface area contributed by atoms with Crippen LogP contribution in [-0.2, 0) is 0 Å². The minimum absolute atomic E-state index is 0.477. The summed E-state index contributed by atoms with van der Waals surface area (Å²) in [6, 6.07) is 20.5. The van der Waals surface area contributed by atoms with Crippen molar-refractivity contribution in [1.82, 2.24) is 15.5 Å². The van der Waals surface area contributed by atoms with E-state index in [1.165, 1.54) is 12.8 Å². The summed E-state index contributed by atoms with van der Waals surface area (Å²) in [5.41, 5.74) is 1.99. The van der Waals surface area contributed by atoms with E-state index < -0.39 is 0 Å².